The second-order valence-electron chi connectivity index (χ2n) is 6.54. The van der Waals surface area contributed by atoms with Crippen LogP contribution in [0.1, 0.15) is 5.69 Å². The van der Waals surface area contributed by atoms with Crippen molar-refractivity contribution in [2.75, 3.05) is 4.57 Å². The third-order valence-electron chi connectivity index (χ3n) is 5.02. The topological polar surface area (TPSA) is 7.12 Å². The maximum atomic E-state index is 2.77. The quantitative estimate of drug-likeness (QED) is 0.597. The molecule has 2 aromatic carbocycles. The van der Waals surface area contributed by atoms with Gasteiger partial charge in [-0.1, -0.05) is 0 Å². The van der Waals surface area contributed by atoms with E-state index in [9.17, 15) is 0 Å². The Bertz CT molecular complexity index is 951. The molecule has 0 fully saturated rings. The van der Waals surface area contributed by atoms with Crippen LogP contribution in [0.5, 0.6) is 0 Å². The van der Waals surface area contributed by atoms with Crippen molar-refractivity contribution in [2.45, 2.75) is 18.0 Å². The zero-order valence-corrected chi connectivity index (χ0v) is 17.0. The molecule has 0 N–H and O–H groups in total. The van der Waals surface area contributed by atoms with Gasteiger partial charge in [0.25, 0.3) is 0 Å². The van der Waals surface area contributed by atoms with Gasteiger partial charge in [-0.2, -0.15) is 0 Å². The van der Waals surface area contributed by atoms with Crippen LogP contribution < -0.4 is 13.3 Å². The fraction of sp³-hybridized carbons (Fsp3) is 0.105. The Morgan fingerprint density at radius 3 is 2.58 bits per heavy atom. The molecule has 5 rings (SSSR count). The normalized spacial score (nSPS) is 20.5. The molecule has 2 aliphatic rings. The van der Waals surface area contributed by atoms with Crippen LogP contribution in [0.25, 0.3) is 0 Å². The second kappa shape index (κ2) is 4.99. The molecule has 0 radical (unpaired) electrons. The van der Waals surface area contributed by atoms with E-state index in [0.717, 1.165) is 6.54 Å². The Kier molecular flexibility index (Phi) is 3.08. The molecule has 0 atom stereocenters. The van der Waals surface area contributed by atoms with E-state index in [-0.39, 0.29) is 0 Å². The van der Waals surface area contributed by atoms with E-state index in [1.54, 1.807) is 0 Å². The maximum absolute atomic E-state index is 2.77. The number of hydrogen-bond donors (Lipinski definition) is 0. The monoisotopic (exact) mass is 414 g/mol. The standard InChI is InChI=1S/C19H18N2SSeSi/c1-24(23-17-10-3-2-4-11-17)20-14-8-7-9-16(20)15-21(24)18-12-5-6-13-19(18)22-24/h2-14H,15H2,1H3. The Hall–Kier alpha value is -1.52. The molecule has 3 aromatic rings. The predicted molar refractivity (Wildman–Crippen MR) is 104 cm³/mol. The molecule has 5 heteroatoms. The summed E-state index contributed by atoms with van der Waals surface area (Å²) in [5.74, 6) is 0. The van der Waals surface area contributed by atoms with E-state index >= 15 is 0 Å². The minimum absolute atomic E-state index is 0.391. The van der Waals surface area contributed by atoms with Crippen LogP contribution in [-0.2, 0) is 6.54 Å². The molecule has 2 nitrogen and oxygen atoms in total. The van der Waals surface area contributed by atoms with Gasteiger partial charge in [0.15, 0.2) is 0 Å². The molecule has 0 unspecified atom stereocenters. The van der Waals surface area contributed by atoms with Gasteiger partial charge in [-0.15, -0.1) is 0 Å². The van der Waals surface area contributed by atoms with Crippen LogP contribution in [-0.4, -0.2) is 19.7 Å². The van der Waals surface area contributed by atoms with Gasteiger partial charge in [0, 0.05) is 0 Å². The third-order valence-corrected chi connectivity index (χ3v) is 23.7. The molecule has 0 saturated heterocycles. The second-order valence-corrected chi connectivity index (χ2v) is 24.9. The van der Waals surface area contributed by atoms with Gasteiger partial charge >= 0.3 is 153 Å². The third kappa shape index (κ3) is 1.87. The van der Waals surface area contributed by atoms with Crippen LogP contribution in [0.3, 0.4) is 0 Å². The van der Waals surface area contributed by atoms with Gasteiger partial charge in [0.2, 0.25) is 0 Å². The number of fused-ring (bicyclic) bond motifs is 5. The molecule has 0 aliphatic carbocycles. The summed E-state index contributed by atoms with van der Waals surface area (Å²) in [6, 6.07) is 26.7. The fourth-order valence-electron chi connectivity index (χ4n) is 3.94. The van der Waals surface area contributed by atoms with Crippen LogP contribution in [0.2, 0.25) is 6.55 Å². The van der Waals surface area contributed by atoms with Crippen molar-refractivity contribution >= 4 is 41.1 Å². The Morgan fingerprint density at radius 1 is 0.958 bits per heavy atom. The van der Waals surface area contributed by atoms with Gasteiger partial charge in [0.1, 0.15) is 0 Å². The number of pyridine rings is 1. The van der Waals surface area contributed by atoms with Crippen molar-refractivity contribution in [3.63, 3.8) is 0 Å². The van der Waals surface area contributed by atoms with Crippen molar-refractivity contribution in [1.82, 2.24) is 0 Å². The summed E-state index contributed by atoms with van der Waals surface area (Å²) in [5.41, 5.74) is 0.232. The zero-order valence-electron chi connectivity index (χ0n) is 13.4. The van der Waals surface area contributed by atoms with E-state index in [0.29, 0.717) is 14.3 Å². The first kappa shape index (κ1) is 14.8. The number of anilines is 1. The first-order valence-electron chi connectivity index (χ1n) is 8.17. The van der Waals surface area contributed by atoms with Crippen molar-refractivity contribution in [1.29, 1.82) is 0 Å². The first-order valence-corrected chi connectivity index (χ1v) is 15.9. The van der Waals surface area contributed by atoms with Crippen molar-refractivity contribution in [3.05, 3.63) is 84.7 Å². The van der Waals surface area contributed by atoms with Crippen molar-refractivity contribution in [3.8, 4) is 0 Å². The molecule has 24 heavy (non-hydrogen) atoms. The number of aromatic nitrogens is 1. The van der Waals surface area contributed by atoms with Crippen LogP contribution in [0, 0.1) is 0 Å². The van der Waals surface area contributed by atoms with E-state index in [1.807, 2.05) is 0 Å². The predicted octanol–water partition coefficient (Wildman–Crippen LogP) is 3.00. The summed E-state index contributed by atoms with van der Waals surface area (Å²) < 4.78 is 6.93. The summed E-state index contributed by atoms with van der Waals surface area (Å²) in [5, 5.41) is 0. The molecule has 0 bridgehead atoms. The van der Waals surface area contributed by atoms with E-state index < -0.39 is 5.43 Å². The Labute approximate surface area is 152 Å². The number of rotatable bonds is 2. The van der Waals surface area contributed by atoms with Crippen LogP contribution in [0.15, 0.2) is 83.9 Å². The van der Waals surface area contributed by atoms with Gasteiger partial charge in [0.05, 0.1) is 0 Å². The molecule has 3 heterocycles. The molecule has 120 valence electrons. The summed E-state index contributed by atoms with van der Waals surface area (Å²) in [4.78, 5) is 1.45. The zero-order chi connectivity index (χ0) is 16.2. The number of benzene rings is 2. The fourth-order valence-corrected chi connectivity index (χ4v) is 24.7. The first-order chi connectivity index (χ1) is 11.7. The molecule has 0 saturated carbocycles. The van der Waals surface area contributed by atoms with Crippen LogP contribution in [0.4, 0.5) is 5.69 Å². The van der Waals surface area contributed by atoms with E-state index in [1.165, 1.54) is 20.7 Å². The molecule has 1 aromatic heterocycles. The summed E-state index contributed by atoms with van der Waals surface area (Å²) in [6.07, 6.45) is 2.33. The van der Waals surface area contributed by atoms with Gasteiger partial charge in [-0.25, -0.2) is 0 Å². The molecule has 0 amide bonds. The molecular weight excluding hydrogens is 395 g/mol. The summed E-state index contributed by atoms with van der Waals surface area (Å²) >= 11 is 2.55. The Balaban J connectivity index is 1.76. The van der Waals surface area contributed by atoms with Crippen molar-refractivity contribution in [2.24, 2.45) is 0 Å². The van der Waals surface area contributed by atoms with E-state index in [4.69, 9.17) is 0 Å². The summed E-state index contributed by atoms with van der Waals surface area (Å²) in [6.45, 7) is 3.61. The minimum atomic E-state index is -2.65. The SMILES string of the molecule is C[Si-]12([Se]c3ccccc3)Sc3ccccc3N1Cc1cccc[n+]12. The van der Waals surface area contributed by atoms with Gasteiger partial charge in [-0.05, 0) is 0 Å². The number of para-hydroxylation sites is 1. The van der Waals surface area contributed by atoms with Crippen LogP contribution >= 0.6 is 11.2 Å². The molecule has 2 aliphatic heterocycles. The molecule has 0 spiro atoms. The van der Waals surface area contributed by atoms with Crippen molar-refractivity contribution < 1.29 is 4.23 Å². The van der Waals surface area contributed by atoms with Gasteiger partial charge in [-0.3, -0.25) is 0 Å². The molecular formula is C19H18N2SSeSi. The number of hydrogen-bond acceptors (Lipinski definition) is 2. The summed E-state index contributed by atoms with van der Waals surface area (Å²) in [7, 11) is 0. The average Bonchev–Trinajstić information content (AvgIpc) is 3.00. The number of nitrogens with zero attached hydrogens (tertiary/aromatic N) is 2. The average molecular weight is 413 g/mol. The Morgan fingerprint density at radius 2 is 1.71 bits per heavy atom. The van der Waals surface area contributed by atoms with E-state index in [2.05, 4.69) is 106 Å². The van der Waals surface area contributed by atoms with Gasteiger partial charge < -0.3 is 0 Å².